The molecule has 0 aliphatic heterocycles. The van der Waals surface area contributed by atoms with Gasteiger partial charge in [0.05, 0.1) is 0 Å². The second-order valence-corrected chi connectivity index (χ2v) is 3.86. The molecule has 0 radical (unpaired) electrons. The van der Waals surface area contributed by atoms with Crippen LogP contribution in [0.4, 0.5) is 0 Å². The second kappa shape index (κ2) is 6.18. The van der Waals surface area contributed by atoms with Crippen LogP contribution in [0.5, 0.6) is 0 Å². The maximum absolute atomic E-state index is 4.02. The molecular formula is C14H20N+. The standard InChI is InChI=1S/C14H20N/c1-4-6-13(3)12-14-7-10-15(9-5-2)11-8-14/h4,7-8,10-11H,1,3,5-6,9,12H2,2H3/q+1. The molecule has 0 bridgehead atoms. The summed E-state index contributed by atoms with van der Waals surface area (Å²) in [6.07, 6.45) is 9.22. The molecule has 0 aliphatic carbocycles. The lowest BCUT2D eigenvalue weighted by Crippen LogP contribution is -2.32. The van der Waals surface area contributed by atoms with E-state index in [2.05, 4.69) is 49.2 Å². The largest absolute Gasteiger partial charge is 0.205 e. The normalized spacial score (nSPS) is 9.93. The third kappa shape index (κ3) is 4.11. The number of nitrogens with zero attached hydrogens (tertiary/aromatic N) is 1. The van der Waals surface area contributed by atoms with E-state index in [1.165, 1.54) is 17.6 Å². The molecule has 15 heavy (non-hydrogen) atoms. The fourth-order valence-corrected chi connectivity index (χ4v) is 1.58. The third-order valence-electron chi connectivity index (χ3n) is 2.33. The predicted octanol–water partition coefficient (Wildman–Crippen LogP) is 3.06. The van der Waals surface area contributed by atoms with Crippen molar-refractivity contribution in [2.75, 3.05) is 0 Å². The zero-order valence-corrected chi connectivity index (χ0v) is 9.58. The van der Waals surface area contributed by atoms with E-state index in [0.717, 1.165) is 19.4 Å². The van der Waals surface area contributed by atoms with Gasteiger partial charge in [-0.05, 0) is 18.4 Å². The Balaban J connectivity index is 2.56. The first-order valence-electron chi connectivity index (χ1n) is 5.51. The van der Waals surface area contributed by atoms with E-state index < -0.39 is 0 Å². The predicted molar refractivity (Wildman–Crippen MR) is 64.6 cm³/mol. The highest BCUT2D eigenvalue weighted by Gasteiger charge is 2.00. The first kappa shape index (κ1) is 11.7. The number of hydrogen-bond donors (Lipinski definition) is 0. The lowest BCUT2D eigenvalue weighted by molar-refractivity contribution is -0.697. The molecule has 1 rings (SSSR count). The molecule has 1 aromatic rings. The van der Waals surface area contributed by atoms with Crippen molar-refractivity contribution < 1.29 is 4.57 Å². The molecule has 0 N–H and O–H groups in total. The van der Waals surface area contributed by atoms with Crippen LogP contribution in [-0.2, 0) is 13.0 Å². The maximum Gasteiger partial charge on any atom is 0.169 e. The number of aromatic nitrogens is 1. The van der Waals surface area contributed by atoms with Crippen LogP contribution in [0.3, 0.4) is 0 Å². The molecule has 0 unspecified atom stereocenters. The van der Waals surface area contributed by atoms with E-state index in [1.54, 1.807) is 0 Å². The van der Waals surface area contributed by atoms with E-state index >= 15 is 0 Å². The fourth-order valence-electron chi connectivity index (χ4n) is 1.58. The van der Waals surface area contributed by atoms with Gasteiger partial charge in [0.2, 0.25) is 0 Å². The van der Waals surface area contributed by atoms with Crippen molar-refractivity contribution >= 4 is 0 Å². The van der Waals surface area contributed by atoms with Gasteiger partial charge in [-0.25, -0.2) is 4.57 Å². The lowest BCUT2D eigenvalue weighted by Gasteiger charge is -2.02. The average molecular weight is 202 g/mol. The van der Waals surface area contributed by atoms with Gasteiger partial charge in [-0.15, -0.1) is 6.58 Å². The van der Waals surface area contributed by atoms with Crippen molar-refractivity contribution in [1.29, 1.82) is 0 Å². The van der Waals surface area contributed by atoms with Gasteiger partial charge in [0, 0.05) is 18.6 Å². The number of hydrogen-bond acceptors (Lipinski definition) is 0. The maximum atomic E-state index is 4.02. The smallest absolute Gasteiger partial charge is 0.169 e. The Morgan fingerprint density at radius 2 is 2.07 bits per heavy atom. The van der Waals surface area contributed by atoms with Crippen LogP contribution in [-0.4, -0.2) is 0 Å². The molecule has 0 fully saturated rings. The third-order valence-corrected chi connectivity index (χ3v) is 2.33. The minimum atomic E-state index is 0.907. The molecule has 0 aliphatic rings. The first-order valence-corrected chi connectivity index (χ1v) is 5.51. The molecular weight excluding hydrogens is 182 g/mol. The topological polar surface area (TPSA) is 3.88 Å². The number of rotatable bonds is 6. The summed E-state index contributed by atoms with van der Waals surface area (Å²) in [5.41, 5.74) is 2.55. The van der Waals surface area contributed by atoms with Crippen LogP contribution in [0.1, 0.15) is 25.3 Å². The molecule has 0 atom stereocenters. The highest BCUT2D eigenvalue weighted by Crippen LogP contribution is 2.08. The summed E-state index contributed by atoms with van der Waals surface area (Å²) in [4.78, 5) is 0. The Labute approximate surface area is 92.8 Å². The quantitative estimate of drug-likeness (QED) is 0.493. The summed E-state index contributed by atoms with van der Waals surface area (Å²) in [6, 6.07) is 4.34. The van der Waals surface area contributed by atoms with Crippen molar-refractivity contribution in [1.82, 2.24) is 0 Å². The average Bonchev–Trinajstić information content (AvgIpc) is 2.22. The van der Waals surface area contributed by atoms with Crippen molar-refractivity contribution in [3.8, 4) is 0 Å². The van der Waals surface area contributed by atoms with Gasteiger partial charge >= 0.3 is 0 Å². The summed E-state index contributed by atoms with van der Waals surface area (Å²) in [5.74, 6) is 0. The van der Waals surface area contributed by atoms with Gasteiger partial charge < -0.3 is 0 Å². The molecule has 1 nitrogen and oxygen atoms in total. The SMILES string of the molecule is C=CCC(=C)Cc1cc[n+](CCC)cc1. The van der Waals surface area contributed by atoms with E-state index in [4.69, 9.17) is 0 Å². The highest BCUT2D eigenvalue weighted by atomic mass is 14.9. The number of pyridine rings is 1. The van der Waals surface area contributed by atoms with Crippen molar-refractivity contribution in [3.63, 3.8) is 0 Å². The second-order valence-electron chi connectivity index (χ2n) is 3.86. The van der Waals surface area contributed by atoms with Gasteiger partial charge in [-0.2, -0.15) is 0 Å². The van der Waals surface area contributed by atoms with Crippen LogP contribution >= 0.6 is 0 Å². The molecule has 0 saturated heterocycles. The number of aryl methyl sites for hydroxylation is 1. The Bertz CT molecular complexity index is 322. The summed E-state index contributed by atoms with van der Waals surface area (Å²) < 4.78 is 2.21. The molecule has 0 saturated carbocycles. The van der Waals surface area contributed by atoms with Crippen LogP contribution in [0, 0.1) is 0 Å². The Morgan fingerprint density at radius 1 is 1.40 bits per heavy atom. The molecule has 1 heterocycles. The highest BCUT2D eigenvalue weighted by molar-refractivity contribution is 5.17. The lowest BCUT2D eigenvalue weighted by atomic mass is 10.1. The Kier molecular flexibility index (Phi) is 4.82. The first-order chi connectivity index (χ1) is 7.26. The molecule has 80 valence electrons. The van der Waals surface area contributed by atoms with Crippen molar-refractivity contribution in [2.45, 2.75) is 32.7 Å². The molecule has 1 heteroatoms. The van der Waals surface area contributed by atoms with E-state index in [-0.39, 0.29) is 0 Å². The van der Waals surface area contributed by atoms with Crippen LogP contribution in [0.25, 0.3) is 0 Å². The van der Waals surface area contributed by atoms with E-state index in [9.17, 15) is 0 Å². The Morgan fingerprint density at radius 3 is 2.60 bits per heavy atom. The van der Waals surface area contributed by atoms with Crippen LogP contribution in [0.2, 0.25) is 0 Å². The molecule has 1 aromatic heterocycles. The van der Waals surface area contributed by atoms with Crippen LogP contribution < -0.4 is 4.57 Å². The van der Waals surface area contributed by atoms with Crippen molar-refractivity contribution in [3.05, 3.63) is 54.9 Å². The fraction of sp³-hybridized carbons (Fsp3) is 0.357. The van der Waals surface area contributed by atoms with Gasteiger partial charge in [-0.1, -0.05) is 25.2 Å². The Hall–Kier alpha value is -1.37. The minimum Gasteiger partial charge on any atom is -0.205 e. The zero-order valence-electron chi connectivity index (χ0n) is 9.58. The van der Waals surface area contributed by atoms with Crippen LogP contribution in [0.15, 0.2) is 49.3 Å². The van der Waals surface area contributed by atoms with E-state index in [0.29, 0.717) is 0 Å². The van der Waals surface area contributed by atoms with E-state index in [1.807, 2.05) is 6.08 Å². The number of allylic oxidation sites excluding steroid dienone is 2. The van der Waals surface area contributed by atoms with Gasteiger partial charge in [-0.3, -0.25) is 0 Å². The summed E-state index contributed by atoms with van der Waals surface area (Å²) >= 11 is 0. The van der Waals surface area contributed by atoms with Crippen molar-refractivity contribution in [2.24, 2.45) is 0 Å². The monoisotopic (exact) mass is 202 g/mol. The minimum absolute atomic E-state index is 0.907. The van der Waals surface area contributed by atoms with Gasteiger partial charge in [0.25, 0.3) is 0 Å². The summed E-state index contributed by atoms with van der Waals surface area (Å²) in [7, 11) is 0. The molecule has 0 aromatic carbocycles. The summed E-state index contributed by atoms with van der Waals surface area (Å²) in [5, 5.41) is 0. The van der Waals surface area contributed by atoms with Gasteiger partial charge in [0.1, 0.15) is 6.54 Å². The zero-order chi connectivity index (χ0) is 11.1. The summed E-state index contributed by atoms with van der Waals surface area (Å²) in [6.45, 7) is 11.0. The van der Waals surface area contributed by atoms with Gasteiger partial charge in [0.15, 0.2) is 12.4 Å². The molecule has 0 spiro atoms. The molecule has 0 amide bonds.